The van der Waals surface area contributed by atoms with E-state index in [0.29, 0.717) is 12.3 Å². The molecular weight excluding hydrogens is 248 g/mol. The zero-order valence-corrected chi connectivity index (χ0v) is 11.6. The van der Waals surface area contributed by atoms with E-state index in [4.69, 9.17) is 0 Å². The largest absolute Gasteiger partial charge is 0.319 e. The molecule has 100 valence electrons. The van der Waals surface area contributed by atoms with Gasteiger partial charge in [0.25, 0.3) is 0 Å². The third-order valence-electron chi connectivity index (χ3n) is 3.10. The van der Waals surface area contributed by atoms with Crippen LogP contribution in [-0.2, 0) is 4.79 Å². The molecule has 2 rings (SSSR count). The topological polar surface area (TPSA) is 32.3 Å². The van der Waals surface area contributed by atoms with Crippen molar-refractivity contribution in [2.24, 2.45) is 5.92 Å². The average molecular weight is 269 g/mol. The van der Waals surface area contributed by atoms with E-state index in [1.165, 1.54) is 12.8 Å². The summed E-state index contributed by atoms with van der Waals surface area (Å²) in [7, 11) is 1.88. The molecule has 1 fully saturated rings. The zero-order valence-electron chi connectivity index (χ0n) is 10.8. The molecule has 1 aliphatic rings. The molecule has 1 aliphatic carbocycles. The van der Waals surface area contributed by atoms with Crippen molar-refractivity contribution < 1.29 is 4.79 Å². The number of amides is 1. The van der Waals surface area contributed by atoms with Crippen LogP contribution in [0.2, 0.25) is 0 Å². The van der Waals surface area contributed by atoms with Gasteiger partial charge >= 0.3 is 0 Å². The molecule has 18 heavy (non-hydrogen) atoms. The van der Waals surface area contributed by atoms with Crippen LogP contribution in [0.5, 0.6) is 0 Å². The molecular formula is C14H21ClN2O. The van der Waals surface area contributed by atoms with Gasteiger partial charge in [-0.3, -0.25) is 4.79 Å². The summed E-state index contributed by atoms with van der Waals surface area (Å²) in [6, 6.07) is 9.98. The fraction of sp³-hybridized carbons (Fsp3) is 0.500. The maximum absolute atomic E-state index is 12.2. The van der Waals surface area contributed by atoms with Crippen molar-refractivity contribution in [2.45, 2.75) is 19.3 Å². The summed E-state index contributed by atoms with van der Waals surface area (Å²) >= 11 is 0. The lowest BCUT2D eigenvalue weighted by molar-refractivity contribution is -0.118. The Bertz CT molecular complexity index is 365. The number of anilines is 1. The van der Waals surface area contributed by atoms with Crippen LogP contribution < -0.4 is 10.2 Å². The van der Waals surface area contributed by atoms with Crippen LogP contribution in [0.25, 0.3) is 0 Å². The molecule has 1 aromatic rings. The van der Waals surface area contributed by atoms with Crippen molar-refractivity contribution in [1.29, 1.82) is 0 Å². The van der Waals surface area contributed by atoms with Crippen molar-refractivity contribution >= 4 is 24.0 Å². The van der Waals surface area contributed by atoms with E-state index in [0.717, 1.165) is 18.8 Å². The van der Waals surface area contributed by atoms with Gasteiger partial charge in [0.1, 0.15) is 0 Å². The Morgan fingerprint density at radius 2 is 2.00 bits per heavy atom. The Hall–Kier alpha value is -1.06. The Balaban J connectivity index is 0.00000162. The minimum absolute atomic E-state index is 0. The van der Waals surface area contributed by atoms with Gasteiger partial charge in [0.05, 0.1) is 0 Å². The van der Waals surface area contributed by atoms with Crippen LogP contribution in [0.4, 0.5) is 5.69 Å². The van der Waals surface area contributed by atoms with Gasteiger partial charge in [-0.1, -0.05) is 18.2 Å². The number of nitrogens with one attached hydrogen (secondary N) is 1. The number of carbonyl (C=O) groups excluding carboxylic acids is 1. The normalized spacial score (nSPS) is 13.8. The van der Waals surface area contributed by atoms with Crippen LogP contribution in [0.1, 0.15) is 19.3 Å². The second kappa shape index (κ2) is 7.39. The summed E-state index contributed by atoms with van der Waals surface area (Å²) in [5, 5.41) is 3.03. The Morgan fingerprint density at radius 1 is 1.33 bits per heavy atom. The molecule has 1 amide bonds. The number of carbonyl (C=O) groups is 1. The zero-order chi connectivity index (χ0) is 12.1. The number of hydrogen-bond donors (Lipinski definition) is 1. The van der Waals surface area contributed by atoms with Crippen molar-refractivity contribution in [3.05, 3.63) is 30.3 Å². The monoisotopic (exact) mass is 268 g/mol. The molecule has 0 unspecified atom stereocenters. The molecule has 0 heterocycles. The number of rotatable bonds is 6. The van der Waals surface area contributed by atoms with Crippen molar-refractivity contribution in [3.63, 3.8) is 0 Å². The highest BCUT2D eigenvalue weighted by Gasteiger charge is 2.27. The smallest absolute Gasteiger partial charge is 0.228 e. The minimum atomic E-state index is 0. The van der Waals surface area contributed by atoms with Gasteiger partial charge in [0, 0.05) is 25.2 Å². The predicted octanol–water partition coefficient (Wildman–Crippen LogP) is 2.46. The summed E-state index contributed by atoms with van der Waals surface area (Å²) in [5.74, 6) is 0.936. The number of halogens is 1. The third-order valence-corrected chi connectivity index (χ3v) is 3.10. The SMILES string of the molecule is CNCCC(=O)N(CC1CC1)c1ccccc1.Cl. The molecule has 0 radical (unpaired) electrons. The summed E-state index contributed by atoms with van der Waals surface area (Å²) in [5.41, 5.74) is 1.03. The molecule has 1 N–H and O–H groups in total. The Kier molecular flexibility index (Phi) is 6.16. The summed E-state index contributed by atoms with van der Waals surface area (Å²) in [6.45, 7) is 1.62. The van der Waals surface area contributed by atoms with Gasteiger partial charge in [-0.25, -0.2) is 0 Å². The highest BCUT2D eigenvalue weighted by molar-refractivity contribution is 5.93. The van der Waals surface area contributed by atoms with E-state index in [2.05, 4.69) is 5.32 Å². The molecule has 0 aliphatic heterocycles. The molecule has 0 atom stereocenters. The highest BCUT2D eigenvalue weighted by Crippen LogP contribution is 2.31. The molecule has 0 bridgehead atoms. The number of para-hydroxylation sites is 1. The van der Waals surface area contributed by atoms with Gasteiger partial charge in [0.15, 0.2) is 0 Å². The molecule has 4 heteroatoms. The lowest BCUT2D eigenvalue weighted by Gasteiger charge is -2.22. The van der Waals surface area contributed by atoms with Gasteiger partial charge in [-0.2, -0.15) is 0 Å². The van der Waals surface area contributed by atoms with Crippen LogP contribution >= 0.6 is 12.4 Å². The van der Waals surface area contributed by atoms with E-state index >= 15 is 0 Å². The lowest BCUT2D eigenvalue weighted by Crippen LogP contribution is -2.34. The average Bonchev–Trinajstić information content (AvgIpc) is 3.18. The first-order valence-electron chi connectivity index (χ1n) is 6.31. The van der Waals surface area contributed by atoms with E-state index in [1.54, 1.807) is 0 Å². The maximum atomic E-state index is 12.2. The van der Waals surface area contributed by atoms with E-state index in [-0.39, 0.29) is 18.3 Å². The molecule has 0 aromatic heterocycles. The maximum Gasteiger partial charge on any atom is 0.228 e. The van der Waals surface area contributed by atoms with Crippen LogP contribution in [0.15, 0.2) is 30.3 Å². The van der Waals surface area contributed by atoms with Crippen LogP contribution in [0.3, 0.4) is 0 Å². The molecule has 1 aromatic carbocycles. The highest BCUT2D eigenvalue weighted by atomic mass is 35.5. The molecule has 0 saturated heterocycles. The second-order valence-corrected chi connectivity index (χ2v) is 4.64. The van der Waals surface area contributed by atoms with Gasteiger partial charge in [0.2, 0.25) is 5.91 Å². The van der Waals surface area contributed by atoms with Crippen molar-refractivity contribution in [2.75, 3.05) is 25.0 Å². The Labute approximate surface area is 115 Å². The predicted molar refractivity (Wildman–Crippen MR) is 77.3 cm³/mol. The fourth-order valence-electron chi connectivity index (χ4n) is 1.88. The minimum Gasteiger partial charge on any atom is -0.319 e. The molecule has 0 spiro atoms. The lowest BCUT2D eigenvalue weighted by atomic mass is 10.2. The standard InChI is InChI=1S/C14H20N2O.ClH/c1-15-10-9-14(17)16(11-12-7-8-12)13-5-3-2-4-6-13;/h2-6,12,15H,7-11H2,1H3;1H. The van der Waals surface area contributed by atoms with Crippen molar-refractivity contribution in [3.8, 4) is 0 Å². The summed E-state index contributed by atoms with van der Waals surface area (Å²) < 4.78 is 0. The van der Waals surface area contributed by atoms with E-state index < -0.39 is 0 Å². The van der Waals surface area contributed by atoms with Gasteiger partial charge in [-0.05, 0) is 37.9 Å². The van der Waals surface area contributed by atoms with Crippen LogP contribution in [0, 0.1) is 5.92 Å². The summed E-state index contributed by atoms with van der Waals surface area (Å²) in [6.07, 6.45) is 3.10. The van der Waals surface area contributed by atoms with Crippen LogP contribution in [-0.4, -0.2) is 26.0 Å². The van der Waals surface area contributed by atoms with E-state index in [1.807, 2.05) is 42.3 Å². The first-order valence-corrected chi connectivity index (χ1v) is 6.31. The number of nitrogens with zero attached hydrogens (tertiary/aromatic N) is 1. The Morgan fingerprint density at radius 3 is 2.56 bits per heavy atom. The second-order valence-electron chi connectivity index (χ2n) is 4.64. The first kappa shape index (κ1) is 15.0. The quantitative estimate of drug-likeness (QED) is 0.860. The fourth-order valence-corrected chi connectivity index (χ4v) is 1.88. The molecule has 3 nitrogen and oxygen atoms in total. The van der Waals surface area contributed by atoms with Gasteiger partial charge in [-0.15, -0.1) is 12.4 Å². The third kappa shape index (κ3) is 4.31. The number of benzene rings is 1. The summed E-state index contributed by atoms with van der Waals surface area (Å²) in [4.78, 5) is 14.1. The van der Waals surface area contributed by atoms with Crippen molar-refractivity contribution in [1.82, 2.24) is 5.32 Å². The van der Waals surface area contributed by atoms with Gasteiger partial charge < -0.3 is 10.2 Å². The molecule has 1 saturated carbocycles. The first-order chi connectivity index (χ1) is 8.31. The van der Waals surface area contributed by atoms with E-state index in [9.17, 15) is 4.79 Å². The number of hydrogen-bond acceptors (Lipinski definition) is 2.